The molecule has 102 valence electrons. The zero-order valence-electron chi connectivity index (χ0n) is 11.3. The molecule has 0 fully saturated rings. The predicted molar refractivity (Wildman–Crippen MR) is 78.0 cm³/mol. The Labute approximate surface area is 117 Å². The molecule has 0 aromatic carbocycles. The lowest BCUT2D eigenvalue weighted by molar-refractivity contribution is 0.162. The molecule has 0 aliphatic rings. The number of aromatic nitrogens is 2. The normalized spacial score (nSPS) is 12.8. The Hall–Kier alpha value is -1.30. The van der Waals surface area contributed by atoms with Crippen molar-refractivity contribution in [1.29, 1.82) is 0 Å². The standard InChI is InChI=1S/C14H19N3OS/c1-11(18)6-8-17(2)9-12-10-19-14(16-12)13-5-3-4-7-15-13/h3-5,7,10-11,18H,6,8-9H2,1-2H3. The van der Waals surface area contributed by atoms with Crippen molar-refractivity contribution >= 4 is 11.3 Å². The van der Waals surface area contributed by atoms with Gasteiger partial charge in [0.05, 0.1) is 17.5 Å². The highest BCUT2D eigenvalue weighted by Gasteiger charge is 2.08. The van der Waals surface area contributed by atoms with E-state index >= 15 is 0 Å². The molecule has 2 aromatic rings. The Morgan fingerprint density at radius 3 is 2.95 bits per heavy atom. The SMILES string of the molecule is CC(O)CCN(C)Cc1csc(-c2ccccn2)n1. The second kappa shape index (κ2) is 6.75. The van der Waals surface area contributed by atoms with Gasteiger partial charge < -0.3 is 10.0 Å². The fourth-order valence-electron chi connectivity index (χ4n) is 1.75. The Morgan fingerprint density at radius 2 is 2.26 bits per heavy atom. The predicted octanol–water partition coefficient (Wildman–Crippen LogP) is 2.41. The van der Waals surface area contributed by atoms with Crippen LogP contribution in [0.1, 0.15) is 19.0 Å². The molecule has 0 amide bonds. The average molecular weight is 277 g/mol. The number of aliphatic hydroxyl groups excluding tert-OH is 1. The molecule has 19 heavy (non-hydrogen) atoms. The number of aliphatic hydroxyl groups is 1. The van der Waals surface area contributed by atoms with Crippen molar-refractivity contribution in [2.75, 3.05) is 13.6 Å². The van der Waals surface area contributed by atoms with Gasteiger partial charge in [0.1, 0.15) is 5.01 Å². The van der Waals surface area contributed by atoms with Crippen LogP contribution in [0.15, 0.2) is 29.8 Å². The molecule has 2 aromatic heterocycles. The minimum absolute atomic E-state index is 0.248. The molecule has 0 saturated heterocycles. The van der Waals surface area contributed by atoms with Crippen LogP contribution in [0, 0.1) is 0 Å². The van der Waals surface area contributed by atoms with Crippen molar-refractivity contribution in [3.63, 3.8) is 0 Å². The molecule has 0 saturated carbocycles. The van der Waals surface area contributed by atoms with Gasteiger partial charge in [-0.15, -0.1) is 11.3 Å². The number of nitrogens with zero attached hydrogens (tertiary/aromatic N) is 3. The minimum atomic E-state index is -0.248. The van der Waals surface area contributed by atoms with Gasteiger partial charge in [-0.3, -0.25) is 4.98 Å². The van der Waals surface area contributed by atoms with Gasteiger partial charge >= 0.3 is 0 Å². The smallest absolute Gasteiger partial charge is 0.142 e. The third-order valence-corrected chi connectivity index (χ3v) is 3.71. The van der Waals surface area contributed by atoms with E-state index in [9.17, 15) is 5.11 Å². The fourth-order valence-corrected chi connectivity index (χ4v) is 2.54. The van der Waals surface area contributed by atoms with Gasteiger partial charge in [0.2, 0.25) is 0 Å². The van der Waals surface area contributed by atoms with Crippen molar-refractivity contribution in [3.8, 4) is 10.7 Å². The van der Waals surface area contributed by atoms with E-state index in [1.807, 2.05) is 32.2 Å². The summed E-state index contributed by atoms with van der Waals surface area (Å²) in [7, 11) is 2.04. The topological polar surface area (TPSA) is 49.2 Å². The summed E-state index contributed by atoms with van der Waals surface area (Å²) in [5.41, 5.74) is 1.98. The van der Waals surface area contributed by atoms with Gasteiger partial charge in [-0.25, -0.2) is 4.98 Å². The van der Waals surface area contributed by atoms with E-state index in [4.69, 9.17) is 0 Å². The zero-order chi connectivity index (χ0) is 13.7. The number of hydrogen-bond acceptors (Lipinski definition) is 5. The van der Waals surface area contributed by atoms with E-state index in [1.54, 1.807) is 17.5 Å². The Kier molecular flexibility index (Phi) is 5.01. The monoisotopic (exact) mass is 277 g/mol. The first-order chi connectivity index (χ1) is 9.15. The lowest BCUT2D eigenvalue weighted by Gasteiger charge is -2.15. The first-order valence-electron chi connectivity index (χ1n) is 6.37. The molecular formula is C14H19N3OS. The van der Waals surface area contributed by atoms with E-state index in [0.717, 1.165) is 35.9 Å². The number of hydrogen-bond donors (Lipinski definition) is 1. The second-order valence-electron chi connectivity index (χ2n) is 4.73. The molecule has 1 N–H and O–H groups in total. The number of pyridine rings is 1. The summed E-state index contributed by atoms with van der Waals surface area (Å²) in [4.78, 5) is 11.1. The second-order valence-corrected chi connectivity index (χ2v) is 5.59. The summed E-state index contributed by atoms with van der Waals surface area (Å²) in [5.74, 6) is 0. The van der Waals surface area contributed by atoms with Crippen molar-refractivity contribution in [2.45, 2.75) is 26.0 Å². The molecule has 1 atom stereocenters. The van der Waals surface area contributed by atoms with Crippen LogP contribution >= 0.6 is 11.3 Å². The number of rotatable bonds is 6. The van der Waals surface area contributed by atoms with Crippen LogP contribution < -0.4 is 0 Å². The van der Waals surface area contributed by atoms with Gasteiger partial charge in [-0.2, -0.15) is 0 Å². The average Bonchev–Trinajstić information content (AvgIpc) is 2.86. The van der Waals surface area contributed by atoms with E-state index in [1.165, 1.54) is 0 Å². The van der Waals surface area contributed by atoms with Crippen LogP contribution in [0.4, 0.5) is 0 Å². The van der Waals surface area contributed by atoms with E-state index < -0.39 is 0 Å². The first kappa shape index (κ1) is 14.1. The Balaban J connectivity index is 1.94. The highest BCUT2D eigenvalue weighted by molar-refractivity contribution is 7.13. The fraction of sp³-hybridized carbons (Fsp3) is 0.429. The van der Waals surface area contributed by atoms with Gasteiger partial charge in [0.15, 0.2) is 0 Å². The van der Waals surface area contributed by atoms with E-state index in [2.05, 4.69) is 20.2 Å². The summed E-state index contributed by atoms with van der Waals surface area (Å²) in [6, 6.07) is 5.85. The van der Waals surface area contributed by atoms with Gasteiger partial charge in [0, 0.05) is 24.7 Å². The molecule has 1 unspecified atom stereocenters. The summed E-state index contributed by atoms with van der Waals surface area (Å²) >= 11 is 1.62. The molecule has 0 aliphatic carbocycles. The van der Waals surface area contributed by atoms with Crippen LogP contribution in [0.25, 0.3) is 10.7 Å². The maximum atomic E-state index is 9.27. The first-order valence-corrected chi connectivity index (χ1v) is 7.25. The van der Waals surface area contributed by atoms with Crippen molar-refractivity contribution in [3.05, 3.63) is 35.5 Å². The molecule has 0 bridgehead atoms. The zero-order valence-corrected chi connectivity index (χ0v) is 12.1. The molecule has 0 spiro atoms. The van der Waals surface area contributed by atoms with Gasteiger partial charge in [-0.1, -0.05) is 6.07 Å². The van der Waals surface area contributed by atoms with Crippen molar-refractivity contribution < 1.29 is 5.11 Å². The van der Waals surface area contributed by atoms with Gasteiger partial charge in [-0.05, 0) is 32.5 Å². The summed E-state index contributed by atoms with van der Waals surface area (Å²) in [6.45, 7) is 3.49. The van der Waals surface area contributed by atoms with E-state index in [0.29, 0.717) is 0 Å². The quantitative estimate of drug-likeness (QED) is 0.881. The third-order valence-electron chi connectivity index (χ3n) is 2.80. The summed E-state index contributed by atoms with van der Waals surface area (Å²) in [6.07, 6.45) is 2.32. The molecule has 5 heteroatoms. The maximum Gasteiger partial charge on any atom is 0.142 e. The summed E-state index contributed by atoms with van der Waals surface area (Å²) in [5, 5.41) is 12.3. The van der Waals surface area contributed by atoms with Crippen molar-refractivity contribution in [1.82, 2.24) is 14.9 Å². The highest BCUT2D eigenvalue weighted by atomic mass is 32.1. The van der Waals surface area contributed by atoms with E-state index in [-0.39, 0.29) is 6.10 Å². The Bertz CT molecular complexity index is 498. The van der Waals surface area contributed by atoms with Crippen LogP contribution in [0.2, 0.25) is 0 Å². The van der Waals surface area contributed by atoms with Gasteiger partial charge in [0.25, 0.3) is 0 Å². The van der Waals surface area contributed by atoms with Crippen molar-refractivity contribution in [2.24, 2.45) is 0 Å². The minimum Gasteiger partial charge on any atom is -0.393 e. The molecule has 0 radical (unpaired) electrons. The number of thiazole rings is 1. The lowest BCUT2D eigenvalue weighted by Crippen LogP contribution is -2.22. The molecule has 4 nitrogen and oxygen atoms in total. The van der Waals surface area contributed by atoms with Crippen LogP contribution in [-0.4, -0.2) is 39.7 Å². The maximum absolute atomic E-state index is 9.27. The lowest BCUT2D eigenvalue weighted by atomic mass is 10.2. The molecule has 0 aliphatic heterocycles. The summed E-state index contributed by atoms with van der Waals surface area (Å²) < 4.78 is 0. The van der Waals surface area contributed by atoms with Crippen LogP contribution in [0.3, 0.4) is 0 Å². The van der Waals surface area contributed by atoms with Crippen LogP contribution in [0.5, 0.6) is 0 Å². The van der Waals surface area contributed by atoms with Crippen LogP contribution in [-0.2, 0) is 6.54 Å². The third kappa shape index (κ3) is 4.38. The largest absolute Gasteiger partial charge is 0.393 e. The molecular weight excluding hydrogens is 258 g/mol. The molecule has 2 rings (SSSR count). The molecule has 2 heterocycles. The Morgan fingerprint density at radius 1 is 1.42 bits per heavy atom. The highest BCUT2D eigenvalue weighted by Crippen LogP contribution is 2.21.